The van der Waals surface area contributed by atoms with Gasteiger partial charge >= 0.3 is 0 Å². The number of carbonyl (C=O) groups is 1. The van der Waals surface area contributed by atoms with Gasteiger partial charge in [0.2, 0.25) is 5.91 Å². The first-order valence-electron chi connectivity index (χ1n) is 6.52. The van der Waals surface area contributed by atoms with Gasteiger partial charge in [-0.2, -0.15) is 5.10 Å². The highest BCUT2D eigenvalue weighted by Crippen LogP contribution is 2.44. The number of carbonyl (C=O) groups excluding carboxylic acids is 1. The van der Waals surface area contributed by atoms with Crippen LogP contribution in [-0.2, 0) is 11.2 Å². The predicted molar refractivity (Wildman–Crippen MR) is 71.6 cm³/mol. The summed E-state index contributed by atoms with van der Waals surface area (Å²) >= 11 is 0. The Labute approximate surface area is 111 Å². The first kappa shape index (κ1) is 12.2. The molecule has 0 atom stereocenters. The van der Waals surface area contributed by atoms with Gasteiger partial charge in [-0.25, -0.2) is 0 Å². The highest BCUT2D eigenvalue weighted by molar-refractivity contribution is 5.87. The molecular formula is C14H17N3O2. The summed E-state index contributed by atoms with van der Waals surface area (Å²) in [5.41, 5.74) is 1.66. The van der Waals surface area contributed by atoms with Crippen molar-refractivity contribution in [1.29, 1.82) is 0 Å². The molecule has 5 heteroatoms. The van der Waals surface area contributed by atoms with E-state index in [1.165, 1.54) is 0 Å². The summed E-state index contributed by atoms with van der Waals surface area (Å²) in [7, 11) is 0. The van der Waals surface area contributed by atoms with Crippen molar-refractivity contribution in [3.05, 3.63) is 30.0 Å². The zero-order chi connectivity index (χ0) is 13.3. The SMILES string of the molecule is O=C(Cc1[nH]nc2ccccc12)NCC1(CO)CC1. The van der Waals surface area contributed by atoms with Crippen molar-refractivity contribution in [2.45, 2.75) is 19.3 Å². The van der Waals surface area contributed by atoms with Crippen molar-refractivity contribution >= 4 is 16.8 Å². The molecule has 1 heterocycles. The second-order valence-corrected chi connectivity index (χ2v) is 5.33. The number of aliphatic hydroxyl groups is 1. The Morgan fingerprint density at radius 2 is 2.21 bits per heavy atom. The largest absolute Gasteiger partial charge is 0.396 e. The minimum atomic E-state index is -0.0499. The third-order valence-electron chi connectivity index (χ3n) is 3.83. The number of hydrogen-bond donors (Lipinski definition) is 3. The lowest BCUT2D eigenvalue weighted by Gasteiger charge is -2.12. The molecule has 1 fully saturated rings. The van der Waals surface area contributed by atoms with Gasteiger partial charge in [-0.05, 0) is 18.9 Å². The predicted octanol–water partition coefficient (Wildman–Crippen LogP) is 0.994. The average Bonchev–Trinajstić information content (AvgIpc) is 3.13. The van der Waals surface area contributed by atoms with Gasteiger partial charge in [-0.15, -0.1) is 0 Å². The molecule has 5 nitrogen and oxygen atoms in total. The van der Waals surface area contributed by atoms with Crippen molar-refractivity contribution in [2.75, 3.05) is 13.2 Å². The standard InChI is InChI=1S/C14H17N3O2/c18-9-14(5-6-14)8-15-13(19)7-12-10-3-1-2-4-11(10)16-17-12/h1-4,18H,5-9H2,(H,15,19)(H,16,17). The highest BCUT2D eigenvalue weighted by Gasteiger charge is 2.42. The fourth-order valence-corrected chi connectivity index (χ4v) is 2.23. The van der Waals surface area contributed by atoms with Gasteiger partial charge in [0.15, 0.2) is 0 Å². The first-order valence-corrected chi connectivity index (χ1v) is 6.52. The Kier molecular flexibility index (Phi) is 2.98. The summed E-state index contributed by atoms with van der Waals surface area (Å²) in [5.74, 6) is -0.0332. The summed E-state index contributed by atoms with van der Waals surface area (Å²) in [6.07, 6.45) is 2.29. The van der Waals surface area contributed by atoms with Crippen molar-refractivity contribution in [3.63, 3.8) is 0 Å². The molecule has 3 N–H and O–H groups in total. The zero-order valence-corrected chi connectivity index (χ0v) is 10.6. The molecule has 0 saturated heterocycles. The lowest BCUT2D eigenvalue weighted by Crippen LogP contribution is -2.32. The summed E-state index contributed by atoms with van der Waals surface area (Å²) in [6, 6.07) is 7.73. The Bertz CT molecular complexity index is 602. The molecule has 1 aliphatic carbocycles. The molecule has 3 rings (SSSR count). The van der Waals surface area contributed by atoms with Crippen LogP contribution in [0.5, 0.6) is 0 Å². The van der Waals surface area contributed by atoms with Crippen LogP contribution >= 0.6 is 0 Å². The molecule has 0 unspecified atom stereocenters. The molecule has 0 spiro atoms. The van der Waals surface area contributed by atoms with Gasteiger partial charge < -0.3 is 10.4 Å². The third-order valence-corrected chi connectivity index (χ3v) is 3.83. The highest BCUT2D eigenvalue weighted by atomic mass is 16.3. The summed E-state index contributed by atoms with van der Waals surface area (Å²) in [4.78, 5) is 11.9. The monoisotopic (exact) mass is 259 g/mol. The number of hydrogen-bond acceptors (Lipinski definition) is 3. The number of aliphatic hydroxyl groups excluding tert-OH is 1. The number of nitrogens with one attached hydrogen (secondary N) is 2. The van der Waals surface area contributed by atoms with Crippen LogP contribution in [0.1, 0.15) is 18.5 Å². The van der Waals surface area contributed by atoms with Gasteiger partial charge in [0.05, 0.1) is 24.2 Å². The maximum absolute atomic E-state index is 11.9. The molecule has 100 valence electrons. The lowest BCUT2D eigenvalue weighted by atomic mass is 10.1. The average molecular weight is 259 g/mol. The second kappa shape index (κ2) is 4.66. The summed E-state index contributed by atoms with van der Waals surface area (Å²) in [5, 5.41) is 20.2. The van der Waals surface area contributed by atoms with Crippen LogP contribution in [0.3, 0.4) is 0 Å². The number of para-hydroxylation sites is 1. The van der Waals surface area contributed by atoms with E-state index in [1.807, 2.05) is 24.3 Å². The number of fused-ring (bicyclic) bond motifs is 1. The van der Waals surface area contributed by atoms with E-state index < -0.39 is 0 Å². The van der Waals surface area contributed by atoms with Crippen LogP contribution in [0.15, 0.2) is 24.3 Å². The van der Waals surface area contributed by atoms with E-state index in [2.05, 4.69) is 15.5 Å². The summed E-state index contributed by atoms with van der Waals surface area (Å²) in [6.45, 7) is 0.717. The van der Waals surface area contributed by atoms with E-state index in [4.69, 9.17) is 0 Å². The molecule has 0 radical (unpaired) electrons. The van der Waals surface area contributed by atoms with Crippen LogP contribution in [0.25, 0.3) is 10.9 Å². The minimum absolute atomic E-state index is 0.0332. The quantitative estimate of drug-likeness (QED) is 0.749. The molecule has 1 aliphatic rings. The Morgan fingerprint density at radius 3 is 2.95 bits per heavy atom. The number of benzene rings is 1. The molecule has 1 aromatic carbocycles. The smallest absolute Gasteiger partial charge is 0.226 e. The van der Waals surface area contributed by atoms with E-state index >= 15 is 0 Å². The van der Waals surface area contributed by atoms with E-state index in [1.54, 1.807) is 0 Å². The number of aromatic amines is 1. The van der Waals surface area contributed by atoms with Gasteiger partial charge in [-0.1, -0.05) is 18.2 Å². The van der Waals surface area contributed by atoms with Crippen molar-refractivity contribution in [1.82, 2.24) is 15.5 Å². The van der Waals surface area contributed by atoms with Crippen LogP contribution < -0.4 is 5.32 Å². The molecular weight excluding hydrogens is 242 g/mol. The zero-order valence-electron chi connectivity index (χ0n) is 10.6. The lowest BCUT2D eigenvalue weighted by molar-refractivity contribution is -0.120. The molecule has 1 saturated carbocycles. The van der Waals surface area contributed by atoms with Gasteiger partial charge in [-0.3, -0.25) is 9.89 Å². The van der Waals surface area contributed by atoms with Crippen LogP contribution in [0, 0.1) is 5.41 Å². The van der Waals surface area contributed by atoms with E-state index in [0.29, 0.717) is 13.0 Å². The molecule has 2 aromatic rings. The maximum Gasteiger partial charge on any atom is 0.226 e. The van der Waals surface area contributed by atoms with Crippen LogP contribution in [0.4, 0.5) is 0 Å². The van der Waals surface area contributed by atoms with Crippen LogP contribution in [0.2, 0.25) is 0 Å². The fourth-order valence-electron chi connectivity index (χ4n) is 2.23. The van der Waals surface area contributed by atoms with Gasteiger partial charge in [0.1, 0.15) is 0 Å². The number of nitrogens with zero attached hydrogens (tertiary/aromatic N) is 1. The normalized spacial score (nSPS) is 16.5. The summed E-state index contributed by atoms with van der Waals surface area (Å²) < 4.78 is 0. The fraction of sp³-hybridized carbons (Fsp3) is 0.429. The molecule has 1 amide bonds. The Balaban J connectivity index is 1.63. The number of amides is 1. The molecule has 19 heavy (non-hydrogen) atoms. The second-order valence-electron chi connectivity index (χ2n) is 5.33. The van der Waals surface area contributed by atoms with Crippen molar-refractivity contribution in [3.8, 4) is 0 Å². The molecule has 1 aromatic heterocycles. The van der Waals surface area contributed by atoms with Crippen molar-refractivity contribution < 1.29 is 9.90 Å². The van der Waals surface area contributed by atoms with Gasteiger partial charge in [0.25, 0.3) is 0 Å². The number of aromatic nitrogens is 2. The number of rotatable bonds is 5. The maximum atomic E-state index is 11.9. The van der Waals surface area contributed by atoms with Crippen LogP contribution in [-0.4, -0.2) is 34.4 Å². The number of H-pyrrole nitrogens is 1. The molecule has 0 aliphatic heterocycles. The first-order chi connectivity index (χ1) is 9.22. The topological polar surface area (TPSA) is 78.0 Å². The molecule has 0 bridgehead atoms. The Morgan fingerprint density at radius 1 is 1.42 bits per heavy atom. The minimum Gasteiger partial charge on any atom is -0.396 e. The van der Waals surface area contributed by atoms with Gasteiger partial charge in [0, 0.05) is 17.3 Å². The van der Waals surface area contributed by atoms with E-state index in [9.17, 15) is 9.90 Å². The Hall–Kier alpha value is -1.88. The van der Waals surface area contributed by atoms with E-state index in [-0.39, 0.29) is 17.9 Å². The van der Waals surface area contributed by atoms with E-state index in [0.717, 1.165) is 29.4 Å². The van der Waals surface area contributed by atoms with Crippen molar-refractivity contribution in [2.24, 2.45) is 5.41 Å². The third kappa shape index (κ3) is 2.46.